The van der Waals surface area contributed by atoms with E-state index in [4.69, 9.17) is 4.74 Å². The minimum atomic E-state index is -0.139. The maximum atomic E-state index is 12.8. The first-order valence-electron chi connectivity index (χ1n) is 12.3. The predicted molar refractivity (Wildman–Crippen MR) is 149 cm³/mol. The number of fused-ring (bicyclic) bond motifs is 1. The van der Waals surface area contributed by atoms with E-state index in [2.05, 4.69) is 43.2 Å². The van der Waals surface area contributed by atoms with E-state index in [0.717, 1.165) is 41.8 Å². The number of methoxy groups -OCH3 is 1. The number of amides is 1. The fourth-order valence-electron chi connectivity index (χ4n) is 4.52. The van der Waals surface area contributed by atoms with Crippen LogP contribution in [0.3, 0.4) is 0 Å². The molecule has 2 heterocycles. The molecule has 1 unspecified atom stereocenters. The van der Waals surface area contributed by atoms with Crippen LogP contribution in [0.15, 0.2) is 41.4 Å². The van der Waals surface area contributed by atoms with Crippen LogP contribution in [0.2, 0.25) is 0 Å². The van der Waals surface area contributed by atoms with Crippen molar-refractivity contribution in [2.24, 2.45) is 11.3 Å². The number of carbonyl (C=O) groups excluding carboxylic acids is 1. The van der Waals surface area contributed by atoms with Gasteiger partial charge in [0.2, 0.25) is 5.91 Å². The Kier molecular flexibility index (Phi) is 8.22. The van der Waals surface area contributed by atoms with Gasteiger partial charge in [0.25, 0.3) is 0 Å². The molecule has 0 saturated heterocycles. The van der Waals surface area contributed by atoms with E-state index in [0.29, 0.717) is 32.8 Å². The summed E-state index contributed by atoms with van der Waals surface area (Å²) < 4.78 is 5.22. The Balaban J connectivity index is 1.41. The lowest BCUT2D eigenvalue weighted by Gasteiger charge is -2.33. The Morgan fingerprint density at radius 3 is 2.59 bits per heavy atom. The number of nitrogens with zero attached hydrogens (tertiary/aromatic N) is 3. The van der Waals surface area contributed by atoms with Crippen molar-refractivity contribution in [2.45, 2.75) is 51.5 Å². The number of ether oxygens (including phenoxy) is 1. The van der Waals surface area contributed by atoms with Crippen molar-refractivity contribution in [2.75, 3.05) is 18.2 Å². The summed E-state index contributed by atoms with van der Waals surface area (Å²) in [6.07, 6.45) is 3.16. The molecule has 0 bridgehead atoms. The third kappa shape index (κ3) is 6.15. The first kappa shape index (κ1) is 26.7. The lowest BCUT2D eigenvalue weighted by Crippen LogP contribution is -2.26. The number of nitrogens with one attached hydrogen (secondary N) is 1. The molecule has 1 aromatic carbocycles. The van der Waals surface area contributed by atoms with Crippen LogP contribution in [0, 0.1) is 34.0 Å². The van der Waals surface area contributed by atoms with E-state index in [-0.39, 0.29) is 17.7 Å². The third-order valence-corrected chi connectivity index (χ3v) is 8.95. The van der Waals surface area contributed by atoms with Crippen LogP contribution in [0.5, 0.6) is 5.75 Å². The zero-order chi connectivity index (χ0) is 26.6. The van der Waals surface area contributed by atoms with Crippen LogP contribution >= 0.6 is 23.1 Å². The molecule has 3 aromatic rings. The normalized spacial score (nSPS) is 14.8. The van der Waals surface area contributed by atoms with Crippen LogP contribution < -0.4 is 10.1 Å². The number of anilines is 1. The molecule has 6 nitrogen and oxygen atoms in total. The van der Waals surface area contributed by atoms with Crippen molar-refractivity contribution in [3.8, 4) is 29.1 Å². The Labute approximate surface area is 226 Å². The molecule has 190 valence electrons. The number of pyridine rings is 1. The summed E-state index contributed by atoms with van der Waals surface area (Å²) >= 11 is 2.93. The van der Waals surface area contributed by atoms with Crippen LogP contribution in [-0.4, -0.2) is 23.8 Å². The zero-order valence-electron chi connectivity index (χ0n) is 21.6. The molecule has 0 saturated carbocycles. The fraction of sp³-hybridized carbons (Fsp3) is 0.379. The molecule has 8 heteroatoms. The minimum Gasteiger partial charge on any atom is -0.497 e. The van der Waals surface area contributed by atoms with E-state index in [1.54, 1.807) is 24.5 Å². The molecular weight excluding hydrogens is 500 g/mol. The number of nitriles is 2. The predicted octanol–water partition coefficient (Wildman–Crippen LogP) is 6.83. The Bertz CT molecular complexity index is 1380. The van der Waals surface area contributed by atoms with Crippen molar-refractivity contribution in [1.82, 2.24) is 4.98 Å². The highest BCUT2D eigenvalue weighted by molar-refractivity contribution is 7.99. The Morgan fingerprint density at radius 2 is 1.95 bits per heavy atom. The summed E-state index contributed by atoms with van der Waals surface area (Å²) in [5.41, 5.74) is 4.10. The monoisotopic (exact) mass is 530 g/mol. The number of aromatic nitrogens is 1. The second kappa shape index (κ2) is 11.4. The molecule has 4 rings (SSSR count). The largest absolute Gasteiger partial charge is 0.497 e. The lowest BCUT2D eigenvalue weighted by atomic mass is 9.72. The van der Waals surface area contributed by atoms with E-state index in [1.165, 1.54) is 16.6 Å². The number of hydrogen-bond donors (Lipinski definition) is 1. The molecule has 0 spiro atoms. The number of carbonyl (C=O) groups is 1. The second-order valence-corrected chi connectivity index (χ2v) is 12.4. The molecule has 37 heavy (non-hydrogen) atoms. The molecule has 1 N–H and O–H groups in total. The number of thioether (sulfide) groups is 1. The van der Waals surface area contributed by atoms with Gasteiger partial charge in [-0.05, 0) is 72.6 Å². The van der Waals surface area contributed by atoms with Gasteiger partial charge in [0.1, 0.15) is 27.9 Å². The maximum absolute atomic E-state index is 12.8. The average Bonchev–Trinajstić information content (AvgIpc) is 3.24. The van der Waals surface area contributed by atoms with Gasteiger partial charge < -0.3 is 10.1 Å². The minimum absolute atomic E-state index is 0.139. The van der Waals surface area contributed by atoms with Crippen molar-refractivity contribution in [3.05, 3.63) is 58.0 Å². The van der Waals surface area contributed by atoms with Crippen molar-refractivity contribution in [1.29, 1.82) is 10.5 Å². The molecule has 1 atom stereocenters. The van der Waals surface area contributed by atoms with Gasteiger partial charge in [-0.2, -0.15) is 10.5 Å². The standard InChI is InChI=1S/C29H30N4O2S2/c1-29(2,3)20-8-11-22-23(17-31)28(37-25(22)15-20)33-26(34)13-14-36-27-19(16-30)7-12-24(32-27)18-5-9-21(35-4)10-6-18/h5-7,9-10,12,20H,8,11,13-15H2,1-4H3,(H,33,34). The SMILES string of the molecule is COc1ccc(-c2ccc(C#N)c(SCCC(=O)Nc3sc4c(c3C#N)CCC(C(C)(C)C)C4)n2)cc1. The van der Waals surface area contributed by atoms with E-state index in [1.807, 2.05) is 30.3 Å². The van der Waals surface area contributed by atoms with Crippen LogP contribution in [0.25, 0.3) is 11.3 Å². The van der Waals surface area contributed by atoms with Crippen LogP contribution in [0.1, 0.15) is 55.2 Å². The summed E-state index contributed by atoms with van der Waals surface area (Å²) in [4.78, 5) is 18.7. The molecule has 1 aliphatic rings. The van der Waals surface area contributed by atoms with Gasteiger partial charge in [0.15, 0.2) is 0 Å². The smallest absolute Gasteiger partial charge is 0.225 e. The molecule has 0 fully saturated rings. The first-order valence-corrected chi connectivity index (χ1v) is 14.1. The number of thiophene rings is 1. The van der Waals surface area contributed by atoms with Gasteiger partial charge in [-0.15, -0.1) is 23.1 Å². The van der Waals surface area contributed by atoms with Gasteiger partial charge in [0, 0.05) is 22.6 Å². The second-order valence-electron chi connectivity index (χ2n) is 10.2. The van der Waals surface area contributed by atoms with Crippen LogP contribution in [-0.2, 0) is 17.6 Å². The van der Waals surface area contributed by atoms with Crippen molar-refractivity contribution < 1.29 is 9.53 Å². The van der Waals surface area contributed by atoms with E-state index < -0.39 is 0 Å². The topological polar surface area (TPSA) is 98.8 Å². The Hall–Kier alpha value is -3.33. The molecule has 0 aliphatic heterocycles. The molecule has 0 radical (unpaired) electrons. The van der Waals surface area contributed by atoms with Gasteiger partial charge in [-0.3, -0.25) is 4.79 Å². The molecule has 2 aromatic heterocycles. The highest BCUT2D eigenvalue weighted by Gasteiger charge is 2.32. The van der Waals surface area contributed by atoms with Gasteiger partial charge in [0.05, 0.1) is 23.9 Å². The highest BCUT2D eigenvalue weighted by atomic mass is 32.2. The first-order chi connectivity index (χ1) is 17.7. The van der Waals surface area contributed by atoms with Gasteiger partial charge >= 0.3 is 0 Å². The van der Waals surface area contributed by atoms with Crippen molar-refractivity contribution in [3.63, 3.8) is 0 Å². The summed E-state index contributed by atoms with van der Waals surface area (Å²) in [5.74, 6) is 1.66. The number of hydrogen-bond acceptors (Lipinski definition) is 7. The van der Waals surface area contributed by atoms with Crippen LogP contribution in [0.4, 0.5) is 5.00 Å². The lowest BCUT2D eigenvalue weighted by molar-refractivity contribution is -0.115. The Morgan fingerprint density at radius 1 is 1.19 bits per heavy atom. The summed E-state index contributed by atoms with van der Waals surface area (Å²) in [7, 11) is 1.62. The zero-order valence-corrected chi connectivity index (χ0v) is 23.2. The maximum Gasteiger partial charge on any atom is 0.225 e. The van der Waals surface area contributed by atoms with E-state index in [9.17, 15) is 15.3 Å². The summed E-state index contributed by atoms with van der Waals surface area (Å²) in [5, 5.41) is 23.6. The van der Waals surface area contributed by atoms with Gasteiger partial charge in [-0.25, -0.2) is 4.98 Å². The highest BCUT2D eigenvalue weighted by Crippen LogP contribution is 2.44. The fourth-order valence-corrected chi connectivity index (χ4v) is 6.73. The number of benzene rings is 1. The summed E-state index contributed by atoms with van der Waals surface area (Å²) in [6.45, 7) is 6.79. The molecule has 1 aliphatic carbocycles. The average molecular weight is 531 g/mol. The third-order valence-electron chi connectivity index (χ3n) is 6.79. The summed E-state index contributed by atoms with van der Waals surface area (Å²) in [6, 6.07) is 15.7. The molecular formula is C29H30N4O2S2. The van der Waals surface area contributed by atoms with Crippen molar-refractivity contribution >= 4 is 34.0 Å². The van der Waals surface area contributed by atoms with E-state index >= 15 is 0 Å². The number of rotatable bonds is 7. The molecule has 1 amide bonds. The quantitative estimate of drug-likeness (QED) is 0.336. The van der Waals surface area contributed by atoms with Gasteiger partial charge in [-0.1, -0.05) is 20.8 Å².